The summed E-state index contributed by atoms with van der Waals surface area (Å²) in [6.07, 6.45) is 12.0. The second-order valence-electron chi connectivity index (χ2n) is 9.38. The first-order valence-electron chi connectivity index (χ1n) is 9.50. The molecule has 0 aromatic heterocycles. The van der Waals surface area contributed by atoms with E-state index in [1.54, 1.807) is 0 Å². The Morgan fingerprint density at radius 3 is 2.67 bits per heavy atom. The van der Waals surface area contributed by atoms with E-state index in [1.807, 2.05) is 0 Å². The van der Waals surface area contributed by atoms with Crippen molar-refractivity contribution in [3.05, 3.63) is 0 Å². The van der Waals surface area contributed by atoms with Gasteiger partial charge in [0.05, 0.1) is 0 Å². The van der Waals surface area contributed by atoms with Crippen LogP contribution in [0, 0.1) is 40.4 Å². The highest BCUT2D eigenvalue weighted by molar-refractivity contribution is 5.87. The Balaban J connectivity index is 1.71. The van der Waals surface area contributed by atoms with Crippen molar-refractivity contribution in [2.24, 2.45) is 40.4 Å². The van der Waals surface area contributed by atoms with E-state index in [-0.39, 0.29) is 5.41 Å². The summed E-state index contributed by atoms with van der Waals surface area (Å²) >= 11 is 0. The second-order valence-corrected chi connectivity index (χ2v) is 9.38. The van der Waals surface area contributed by atoms with Crippen molar-refractivity contribution in [3.63, 3.8) is 0 Å². The number of carbonyl (C=O) groups excluding carboxylic acids is 1. The molecule has 7 atom stereocenters. The lowest BCUT2D eigenvalue weighted by atomic mass is 9.43. The lowest BCUT2D eigenvalue weighted by molar-refractivity contribution is -0.149. The SMILES string of the molecule is CC1CC2(C)C(=O)CCC2C2CCC3CCCCC3(C)C12. The molecule has 1 heteroatoms. The van der Waals surface area contributed by atoms with Crippen LogP contribution in [-0.4, -0.2) is 5.78 Å². The normalized spacial score (nSPS) is 56.5. The van der Waals surface area contributed by atoms with E-state index in [1.165, 1.54) is 51.4 Å². The average molecular weight is 288 g/mol. The Morgan fingerprint density at radius 1 is 1.05 bits per heavy atom. The van der Waals surface area contributed by atoms with Crippen molar-refractivity contribution in [3.8, 4) is 0 Å². The number of ketones is 1. The van der Waals surface area contributed by atoms with Gasteiger partial charge in [0.15, 0.2) is 0 Å². The molecule has 0 radical (unpaired) electrons. The molecule has 21 heavy (non-hydrogen) atoms. The van der Waals surface area contributed by atoms with Gasteiger partial charge in [-0.3, -0.25) is 4.79 Å². The van der Waals surface area contributed by atoms with Gasteiger partial charge in [0, 0.05) is 11.8 Å². The monoisotopic (exact) mass is 288 g/mol. The molecule has 0 amide bonds. The number of Topliss-reactive ketones (excluding diaryl/α,β-unsaturated/α-hetero) is 1. The van der Waals surface area contributed by atoms with Crippen LogP contribution in [0.25, 0.3) is 0 Å². The minimum absolute atomic E-state index is 0.0401. The molecule has 0 N–H and O–H groups in total. The van der Waals surface area contributed by atoms with Gasteiger partial charge < -0.3 is 0 Å². The third kappa shape index (κ3) is 1.78. The molecule has 4 aliphatic carbocycles. The van der Waals surface area contributed by atoms with E-state index < -0.39 is 0 Å². The Morgan fingerprint density at radius 2 is 1.86 bits per heavy atom. The molecular formula is C20H32O. The van der Waals surface area contributed by atoms with Crippen molar-refractivity contribution in [2.45, 2.75) is 78.6 Å². The molecule has 0 saturated heterocycles. The van der Waals surface area contributed by atoms with Crippen molar-refractivity contribution in [1.29, 1.82) is 0 Å². The summed E-state index contributed by atoms with van der Waals surface area (Å²) < 4.78 is 0. The average Bonchev–Trinajstić information content (AvgIpc) is 2.73. The Hall–Kier alpha value is -0.330. The molecular weight excluding hydrogens is 256 g/mol. The molecule has 7 unspecified atom stereocenters. The minimum atomic E-state index is 0.0401. The molecule has 0 spiro atoms. The maximum absolute atomic E-state index is 12.5. The number of hydrogen-bond donors (Lipinski definition) is 0. The predicted molar refractivity (Wildman–Crippen MR) is 85.9 cm³/mol. The fraction of sp³-hybridized carbons (Fsp3) is 0.950. The van der Waals surface area contributed by atoms with E-state index in [4.69, 9.17) is 0 Å². The standard InChI is InChI=1S/C20H32O/c1-13-12-20(3)16(9-10-17(20)21)15-8-7-14-6-4-5-11-19(14,2)18(13)15/h13-16,18H,4-12H2,1-3H3. The smallest absolute Gasteiger partial charge is 0.139 e. The molecule has 0 heterocycles. The van der Waals surface area contributed by atoms with E-state index in [2.05, 4.69) is 20.8 Å². The molecule has 118 valence electrons. The fourth-order valence-electron chi connectivity index (χ4n) is 7.77. The van der Waals surface area contributed by atoms with Gasteiger partial charge in [0.25, 0.3) is 0 Å². The number of fused-ring (bicyclic) bond motifs is 5. The summed E-state index contributed by atoms with van der Waals surface area (Å²) in [5.74, 6) is 4.80. The summed E-state index contributed by atoms with van der Waals surface area (Å²) in [4.78, 5) is 12.5. The molecule has 0 bridgehead atoms. The highest BCUT2D eigenvalue weighted by Crippen LogP contribution is 2.66. The Bertz CT molecular complexity index is 455. The molecule has 4 saturated carbocycles. The summed E-state index contributed by atoms with van der Waals surface area (Å²) in [6.45, 7) is 7.42. The third-order valence-corrected chi connectivity index (χ3v) is 8.54. The molecule has 4 aliphatic rings. The fourth-order valence-corrected chi connectivity index (χ4v) is 7.77. The van der Waals surface area contributed by atoms with Gasteiger partial charge in [-0.25, -0.2) is 0 Å². The van der Waals surface area contributed by atoms with Crippen LogP contribution in [0.5, 0.6) is 0 Å². The van der Waals surface area contributed by atoms with Gasteiger partial charge in [0.2, 0.25) is 0 Å². The van der Waals surface area contributed by atoms with E-state index in [0.29, 0.717) is 17.1 Å². The minimum Gasteiger partial charge on any atom is -0.299 e. The molecule has 1 nitrogen and oxygen atoms in total. The van der Waals surface area contributed by atoms with Crippen LogP contribution in [0.3, 0.4) is 0 Å². The number of hydrogen-bond acceptors (Lipinski definition) is 1. The van der Waals surface area contributed by atoms with Crippen molar-refractivity contribution in [1.82, 2.24) is 0 Å². The predicted octanol–water partition coefficient (Wildman–Crippen LogP) is 5.23. The zero-order valence-electron chi connectivity index (χ0n) is 14.2. The highest BCUT2D eigenvalue weighted by atomic mass is 16.1. The van der Waals surface area contributed by atoms with Crippen LogP contribution >= 0.6 is 0 Å². The van der Waals surface area contributed by atoms with Crippen LogP contribution in [0.1, 0.15) is 78.6 Å². The van der Waals surface area contributed by atoms with Gasteiger partial charge in [-0.2, -0.15) is 0 Å². The Kier molecular flexibility index (Phi) is 3.12. The summed E-state index contributed by atoms with van der Waals surface area (Å²) in [7, 11) is 0. The zero-order valence-corrected chi connectivity index (χ0v) is 14.2. The van der Waals surface area contributed by atoms with E-state index in [9.17, 15) is 4.79 Å². The first-order chi connectivity index (χ1) is 9.97. The maximum Gasteiger partial charge on any atom is 0.139 e. The van der Waals surface area contributed by atoms with Gasteiger partial charge >= 0.3 is 0 Å². The van der Waals surface area contributed by atoms with Crippen LogP contribution < -0.4 is 0 Å². The van der Waals surface area contributed by atoms with Gasteiger partial charge in [0.1, 0.15) is 5.78 Å². The Labute approximate surface area is 130 Å². The van der Waals surface area contributed by atoms with Crippen LogP contribution in [0.4, 0.5) is 0 Å². The van der Waals surface area contributed by atoms with Crippen LogP contribution in [0.15, 0.2) is 0 Å². The first kappa shape index (κ1) is 14.3. The van der Waals surface area contributed by atoms with E-state index in [0.717, 1.165) is 30.1 Å². The van der Waals surface area contributed by atoms with Crippen LogP contribution in [0.2, 0.25) is 0 Å². The van der Waals surface area contributed by atoms with Crippen molar-refractivity contribution in [2.75, 3.05) is 0 Å². The topological polar surface area (TPSA) is 17.1 Å². The zero-order chi connectivity index (χ0) is 14.8. The second kappa shape index (κ2) is 4.59. The van der Waals surface area contributed by atoms with Gasteiger partial charge in [-0.15, -0.1) is 0 Å². The lowest BCUT2D eigenvalue weighted by Crippen LogP contribution is -2.55. The highest BCUT2D eigenvalue weighted by Gasteiger charge is 2.61. The number of carbonyl (C=O) groups is 1. The summed E-state index contributed by atoms with van der Waals surface area (Å²) in [6, 6.07) is 0. The van der Waals surface area contributed by atoms with Gasteiger partial charge in [-0.05, 0) is 73.5 Å². The first-order valence-corrected chi connectivity index (χ1v) is 9.50. The molecule has 4 rings (SSSR count). The summed E-state index contributed by atoms with van der Waals surface area (Å²) in [5.41, 5.74) is 0.631. The maximum atomic E-state index is 12.5. The molecule has 0 aromatic rings. The van der Waals surface area contributed by atoms with Crippen LogP contribution in [-0.2, 0) is 4.79 Å². The van der Waals surface area contributed by atoms with E-state index >= 15 is 0 Å². The van der Waals surface area contributed by atoms with Crippen molar-refractivity contribution < 1.29 is 4.79 Å². The lowest BCUT2D eigenvalue weighted by Gasteiger charge is -2.61. The molecule has 0 aliphatic heterocycles. The molecule has 4 fully saturated rings. The molecule has 0 aromatic carbocycles. The number of rotatable bonds is 0. The van der Waals surface area contributed by atoms with Gasteiger partial charge in [-0.1, -0.05) is 33.6 Å². The largest absolute Gasteiger partial charge is 0.299 e. The van der Waals surface area contributed by atoms with Crippen molar-refractivity contribution >= 4 is 5.78 Å². The quantitative estimate of drug-likeness (QED) is 0.596. The summed E-state index contributed by atoms with van der Waals surface area (Å²) in [5, 5.41) is 0. The third-order valence-electron chi connectivity index (χ3n) is 8.54.